The number of rotatable bonds is 5. The maximum absolute atomic E-state index is 6.30. The molecule has 217 valence electrons. The van der Waals surface area contributed by atoms with E-state index in [1.807, 2.05) is 48.8 Å². The molecule has 0 aliphatic rings. The topological polar surface area (TPSA) is 38.9 Å². The van der Waals surface area contributed by atoms with E-state index >= 15 is 0 Å². The summed E-state index contributed by atoms with van der Waals surface area (Å²) in [5.74, 6) is 1.01. The summed E-state index contributed by atoms with van der Waals surface area (Å²) in [7, 11) is -1.54. The number of nitrogens with zero attached hydrogens (tertiary/aromatic N) is 2. The Kier molecular flexibility index (Phi) is 9.99. The van der Waals surface area contributed by atoms with Gasteiger partial charge in [0.2, 0.25) is 0 Å². The minimum absolute atomic E-state index is 0. The van der Waals surface area contributed by atoms with Crippen molar-refractivity contribution in [2.45, 2.75) is 59.2 Å². The van der Waals surface area contributed by atoms with E-state index in [2.05, 4.69) is 107 Å². The van der Waals surface area contributed by atoms with Crippen LogP contribution in [0.2, 0.25) is 19.6 Å². The molecule has 0 N–H and O–H groups in total. The first-order valence-electron chi connectivity index (χ1n) is 14.4. The van der Waals surface area contributed by atoms with E-state index in [1.54, 1.807) is 0 Å². The second-order valence-electron chi connectivity index (χ2n) is 12.2. The third-order valence-corrected chi connectivity index (χ3v) is 9.42. The fourth-order valence-corrected chi connectivity index (χ4v) is 6.41. The number of hydrogen-bond acceptors (Lipinski definition) is 3. The molecule has 5 heteroatoms. The summed E-state index contributed by atoms with van der Waals surface area (Å²) in [4.78, 5) is 9.14. The predicted molar refractivity (Wildman–Crippen MR) is 175 cm³/mol. The smallest absolute Gasteiger partial charge is 0.120 e. The van der Waals surface area contributed by atoms with Crippen molar-refractivity contribution in [3.8, 4) is 22.5 Å². The monoisotopic (exact) mass is 747 g/mol. The van der Waals surface area contributed by atoms with Crippen LogP contribution in [0.3, 0.4) is 0 Å². The van der Waals surface area contributed by atoms with Crippen LogP contribution in [0.5, 0.6) is 0 Å². The first kappa shape index (κ1) is 31.6. The van der Waals surface area contributed by atoms with Crippen molar-refractivity contribution in [1.29, 1.82) is 0 Å². The minimum atomic E-state index is -1.54. The molecule has 6 rings (SSSR count). The Hall–Kier alpha value is -3.37. The normalized spacial score (nSPS) is 11.5. The van der Waals surface area contributed by atoms with E-state index in [0.717, 1.165) is 33.7 Å². The molecule has 3 heterocycles. The first-order chi connectivity index (χ1) is 19.6. The maximum Gasteiger partial charge on any atom is 0.120 e. The van der Waals surface area contributed by atoms with Gasteiger partial charge in [-0.25, -0.2) is 0 Å². The van der Waals surface area contributed by atoms with Gasteiger partial charge in [0.15, 0.2) is 0 Å². The number of furan rings is 1. The van der Waals surface area contributed by atoms with Crippen molar-refractivity contribution in [3.63, 3.8) is 0 Å². The van der Waals surface area contributed by atoms with Gasteiger partial charge in [-0.2, -0.15) is 0 Å². The third-order valence-electron chi connectivity index (χ3n) is 7.41. The molecule has 3 aromatic carbocycles. The summed E-state index contributed by atoms with van der Waals surface area (Å²) in [5, 5.41) is 3.82. The zero-order valence-corrected chi connectivity index (χ0v) is 28.8. The van der Waals surface area contributed by atoms with E-state index in [0.29, 0.717) is 11.8 Å². The molecule has 0 spiro atoms. The van der Waals surface area contributed by atoms with Crippen molar-refractivity contribution in [2.75, 3.05) is 0 Å². The van der Waals surface area contributed by atoms with Gasteiger partial charge in [-0.05, 0) is 40.4 Å². The van der Waals surface area contributed by atoms with Crippen LogP contribution < -0.4 is 5.19 Å². The van der Waals surface area contributed by atoms with Crippen LogP contribution in [-0.4, -0.2) is 18.0 Å². The molecule has 0 atom stereocenters. The van der Waals surface area contributed by atoms with Crippen molar-refractivity contribution in [2.24, 2.45) is 0 Å². The van der Waals surface area contributed by atoms with Crippen molar-refractivity contribution in [1.82, 2.24) is 9.97 Å². The first-order valence-corrected chi connectivity index (χ1v) is 17.9. The van der Waals surface area contributed by atoms with Gasteiger partial charge in [-0.15, -0.1) is 53.2 Å². The summed E-state index contributed by atoms with van der Waals surface area (Å²) >= 11 is 0. The second-order valence-corrected chi connectivity index (χ2v) is 17.2. The van der Waals surface area contributed by atoms with Crippen LogP contribution in [-0.2, 0) is 20.1 Å². The molecule has 0 saturated heterocycles. The van der Waals surface area contributed by atoms with Crippen LogP contribution in [0.25, 0.3) is 44.5 Å². The standard InChI is InChI=1S/C23H24NOSi.C14H14N.Ir/c1-15(2)16-10-12-19(24-14-16)17-11-13-21(26(3,4)5)22-18-8-6-7-9-20(18)25-23(17)22;1-11(2)13-8-9-14(15-10-13)12-6-4-3-5-7-12;/h6-10,12-15H,1-5H3;3-6,8-11H,1-2H3;/q2*-1;. The van der Waals surface area contributed by atoms with Crippen LogP contribution in [0.4, 0.5) is 0 Å². The Bertz CT molecular complexity index is 1750. The Morgan fingerprint density at radius 1 is 0.714 bits per heavy atom. The zero-order valence-electron chi connectivity index (χ0n) is 25.5. The summed E-state index contributed by atoms with van der Waals surface area (Å²) < 4.78 is 6.30. The Morgan fingerprint density at radius 3 is 1.88 bits per heavy atom. The van der Waals surface area contributed by atoms with Gasteiger partial charge in [0.05, 0.1) is 5.58 Å². The van der Waals surface area contributed by atoms with Gasteiger partial charge in [-0.1, -0.05) is 101 Å². The number of para-hydroxylation sites is 1. The molecule has 0 unspecified atom stereocenters. The quantitative estimate of drug-likeness (QED) is 0.130. The molecule has 0 saturated carbocycles. The fraction of sp³-hybridized carbons (Fsp3) is 0.243. The Labute approximate surface area is 264 Å². The second kappa shape index (κ2) is 13.3. The van der Waals surface area contributed by atoms with Gasteiger partial charge < -0.3 is 14.4 Å². The van der Waals surface area contributed by atoms with Crippen LogP contribution >= 0.6 is 0 Å². The van der Waals surface area contributed by atoms with Crippen LogP contribution in [0, 0.1) is 12.1 Å². The third kappa shape index (κ3) is 6.81. The molecule has 3 nitrogen and oxygen atoms in total. The number of benzene rings is 3. The van der Waals surface area contributed by atoms with Gasteiger partial charge >= 0.3 is 0 Å². The summed E-state index contributed by atoms with van der Waals surface area (Å²) in [6, 6.07) is 33.5. The molecule has 0 amide bonds. The van der Waals surface area contributed by atoms with Gasteiger partial charge in [0, 0.05) is 46.0 Å². The molecular weight excluding hydrogens is 709 g/mol. The van der Waals surface area contributed by atoms with E-state index in [4.69, 9.17) is 9.40 Å². The van der Waals surface area contributed by atoms with E-state index in [-0.39, 0.29) is 20.1 Å². The van der Waals surface area contributed by atoms with Gasteiger partial charge in [-0.3, -0.25) is 0 Å². The molecule has 42 heavy (non-hydrogen) atoms. The van der Waals surface area contributed by atoms with Crippen molar-refractivity contribution in [3.05, 3.63) is 115 Å². The Balaban J connectivity index is 0.000000216. The summed E-state index contributed by atoms with van der Waals surface area (Å²) in [6.45, 7) is 15.8. The molecule has 0 aliphatic carbocycles. The Morgan fingerprint density at radius 2 is 1.33 bits per heavy atom. The molecule has 0 bridgehead atoms. The van der Waals surface area contributed by atoms with E-state index in [9.17, 15) is 0 Å². The largest absolute Gasteiger partial charge is 0.501 e. The van der Waals surface area contributed by atoms with Gasteiger partial charge in [0.25, 0.3) is 0 Å². The average Bonchev–Trinajstić information content (AvgIpc) is 3.37. The SMILES string of the molecule is CC(C)c1ccc(-c2[c-]cc([Si](C)(C)C)c3c2oc2ccccc23)nc1.CC(C)c1ccc(-c2[c-]cccc2)nc1.[Ir]. The maximum atomic E-state index is 6.30. The summed E-state index contributed by atoms with van der Waals surface area (Å²) in [6.07, 6.45) is 3.91. The fourth-order valence-electron chi connectivity index (χ4n) is 4.91. The minimum Gasteiger partial charge on any atom is -0.501 e. The molecule has 6 aromatic rings. The average molecular weight is 747 g/mol. The molecule has 1 radical (unpaired) electrons. The zero-order chi connectivity index (χ0) is 29.1. The summed E-state index contributed by atoms with van der Waals surface area (Å²) in [5.41, 5.74) is 8.27. The predicted octanol–water partition coefficient (Wildman–Crippen LogP) is 9.79. The molecule has 0 aliphatic heterocycles. The van der Waals surface area contributed by atoms with E-state index < -0.39 is 8.07 Å². The van der Waals surface area contributed by atoms with Crippen molar-refractivity contribution < 1.29 is 24.5 Å². The number of aromatic nitrogens is 2. The number of hydrogen-bond donors (Lipinski definition) is 0. The number of pyridine rings is 2. The number of fused-ring (bicyclic) bond motifs is 3. The molecule has 3 aromatic heterocycles. The van der Waals surface area contributed by atoms with Crippen LogP contribution in [0.15, 0.2) is 95.7 Å². The van der Waals surface area contributed by atoms with Crippen molar-refractivity contribution >= 4 is 35.2 Å². The van der Waals surface area contributed by atoms with E-state index in [1.165, 1.54) is 27.1 Å². The van der Waals surface area contributed by atoms with Crippen LogP contribution in [0.1, 0.15) is 50.7 Å². The molecule has 0 fully saturated rings. The molecular formula is C37H38IrN2OSi-2. The van der Waals surface area contributed by atoms with Gasteiger partial charge in [0.1, 0.15) is 5.58 Å².